The number of nitrogens with zero attached hydrogens (tertiary/aromatic N) is 1. The van der Waals surface area contributed by atoms with Crippen LogP contribution in [0, 0.1) is 6.92 Å². The third-order valence-electron chi connectivity index (χ3n) is 3.38. The molecule has 0 aliphatic rings. The van der Waals surface area contributed by atoms with Crippen molar-refractivity contribution in [2.24, 2.45) is 0 Å². The van der Waals surface area contributed by atoms with Gasteiger partial charge in [-0.2, -0.15) is 5.06 Å². The Morgan fingerprint density at radius 1 is 1.32 bits per heavy atom. The summed E-state index contributed by atoms with van der Waals surface area (Å²) in [6, 6.07) is 6.24. The molecule has 0 spiro atoms. The maximum Gasteiger partial charge on any atom is 0.240 e. The summed E-state index contributed by atoms with van der Waals surface area (Å²) in [5.41, 5.74) is 1.00. The molecule has 0 saturated heterocycles. The molecular formula is C16H26N2O3S. The monoisotopic (exact) mass is 326 g/mol. The molecule has 0 aliphatic carbocycles. The zero-order chi connectivity index (χ0) is 16.8. The summed E-state index contributed by atoms with van der Waals surface area (Å²) >= 11 is 0. The van der Waals surface area contributed by atoms with E-state index in [0.717, 1.165) is 10.6 Å². The van der Waals surface area contributed by atoms with Gasteiger partial charge in [-0.15, -0.1) is 6.58 Å². The molecule has 1 atom stereocenters. The van der Waals surface area contributed by atoms with Crippen LogP contribution in [0.4, 0.5) is 0 Å². The Morgan fingerprint density at radius 2 is 1.91 bits per heavy atom. The highest BCUT2D eigenvalue weighted by molar-refractivity contribution is 7.89. The first-order valence-corrected chi connectivity index (χ1v) is 8.90. The van der Waals surface area contributed by atoms with Gasteiger partial charge in [0.25, 0.3) is 0 Å². The van der Waals surface area contributed by atoms with Crippen LogP contribution < -0.4 is 4.72 Å². The van der Waals surface area contributed by atoms with Gasteiger partial charge in [0.2, 0.25) is 10.0 Å². The van der Waals surface area contributed by atoms with Gasteiger partial charge < -0.3 is 5.21 Å². The first-order chi connectivity index (χ1) is 10.3. The van der Waals surface area contributed by atoms with Crippen LogP contribution in [0.2, 0.25) is 0 Å². The van der Waals surface area contributed by atoms with Gasteiger partial charge >= 0.3 is 0 Å². The second-order valence-electron chi connectivity index (χ2n) is 5.71. The molecule has 6 heteroatoms. The van der Waals surface area contributed by atoms with E-state index in [1.807, 2.05) is 20.8 Å². The lowest BCUT2D eigenvalue weighted by molar-refractivity contribution is -0.121. The van der Waals surface area contributed by atoms with Crippen LogP contribution in [-0.4, -0.2) is 37.3 Å². The standard InChI is InChI=1S/C16H26N2O3S/c1-5-6-7-15(12-18(19)13(2)3)17-22(20,21)16-10-8-14(4)9-11-16/h5,8-11,13,15,17,19H,1,6-7,12H2,2-4H3. The Hall–Kier alpha value is -1.21. The van der Waals surface area contributed by atoms with E-state index in [2.05, 4.69) is 11.3 Å². The highest BCUT2D eigenvalue weighted by atomic mass is 32.2. The fourth-order valence-electron chi connectivity index (χ4n) is 1.95. The van der Waals surface area contributed by atoms with E-state index in [4.69, 9.17) is 0 Å². The number of hydrogen-bond donors (Lipinski definition) is 2. The van der Waals surface area contributed by atoms with Gasteiger partial charge in [-0.1, -0.05) is 23.8 Å². The summed E-state index contributed by atoms with van der Waals surface area (Å²) in [6.07, 6.45) is 3.00. The number of benzene rings is 1. The van der Waals surface area contributed by atoms with Gasteiger partial charge in [-0.05, 0) is 45.7 Å². The fourth-order valence-corrected chi connectivity index (χ4v) is 3.21. The van der Waals surface area contributed by atoms with E-state index in [0.29, 0.717) is 12.8 Å². The second-order valence-corrected chi connectivity index (χ2v) is 7.43. The summed E-state index contributed by atoms with van der Waals surface area (Å²) in [4.78, 5) is 0.232. The van der Waals surface area contributed by atoms with Gasteiger partial charge in [-0.3, -0.25) is 0 Å². The lowest BCUT2D eigenvalue weighted by atomic mass is 10.1. The van der Waals surface area contributed by atoms with Gasteiger partial charge in [0.15, 0.2) is 0 Å². The van der Waals surface area contributed by atoms with Crippen molar-refractivity contribution in [3.8, 4) is 0 Å². The van der Waals surface area contributed by atoms with Crippen LogP contribution in [-0.2, 0) is 10.0 Å². The molecule has 1 unspecified atom stereocenters. The smallest absolute Gasteiger partial charge is 0.240 e. The minimum Gasteiger partial charge on any atom is -0.314 e. The predicted octanol–water partition coefficient (Wildman–Crippen LogP) is 2.71. The molecule has 0 aliphatic heterocycles. The average molecular weight is 326 g/mol. The van der Waals surface area contributed by atoms with Crippen LogP contribution in [0.5, 0.6) is 0 Å². The van der Waals surface area contributed by atoms with Crippen molar-refractivity contribution in [3.63, 3.8) is 0 Å². The normalized spacial score (nSPS) is 13.5. The summed E-state index contributed by atoms with van der Waals surface area (Å²) < 4.78 is 27.5. The fraction of sp³-hybridized carbons (Fsp3) is 0.500. The molecule has 0 amide bonds. The number of aryl methyl sites for hydroxylation is 1. The highest BCUT2D eigenvalue weighted by Crippen LogP contribution is 2.12. The minimum atomic E-state index is -3.60. The summed E-state index contributed by atoms with van der Waals surface area (Å²) in [7, 11) is -3.60. The average Bonchev–Trinajstić information content (AvgIpc) is 2.44. The SMILES string of the molecule is C=CCCC(CN(O)C(C)C)NS(=O)(=O)c1ccc(C)cc1. The topological polar surface area (TPSA) is 69.6 Å². The first kappa shape index (κ1) is 18.8. The second kappa shape index (κ2) is 8.43. The van der Waals surface area contributed by atoms with Crippen LogP contribution in [0.25, 0.3) is 0 Å². The summed E-state index contributed by atoms with van der Waals surface area (Å²) in [5.74, 6) is 0. The first-order valence-electron chi connectivity index (χ1n) is 7.41. The summed E-state index contributed by atoms with van der Waals surface area (Å²) in [5, 5.41) is 11.0. The largest absolute Gasteiger partial charge is 0.314 e. The number of allylic oxidation sites excluding steroid dienone is 1. The van der Waals surface area contributed by atoms with E-state index in [1.54, 1.807) is 30.3 Å². The Bertz CT molecular complexity index is 568. The van der Waals surface area contributed by atoms with E-state index < -0.39 is 10.0 Å². The van der Waals surface area contributed by atoms with E-state index in [-0.39, 0.29) is 23.5 Å². The lowest BCUT2D eigenvalue weighted by Gasteiger charge is -2.25. The van der Waals surface area contributed by atoms with E-state index in [9.17, 15) is 13.6 Å². The molecule has 1 aromatic rings. The molecule has 0 fully saturated rings. The van der Waals surface area contributed by atoms with E-state index >= 15 is 0 Å². The Labute approximate surface area is 133 Å². The lowest BCUT2D eigenvalue weighted by Crippen LogP contribution is -2.44. The molecule has 0 saturated carbocycles. The Kier molecular flexibility index (Phi) is 7.22. The summed E-state index contributed by atoms with van der Waals surface area (Å²) in [6.45, 7) is 9.49. The van der Waals surface area contributed by atoms with Crippen molar-refractivity contribution in [2.45, 2.75) is 50.6 Å². The molecule has 1 aromatic carbocycles. The zero-order valence-corrected chi connectivity index (χ0v) is 14.3. The van der Waals surface area contributed by atoms with Crippen LogP contribution in [0.3, 0.4) is 0 Å². The third-order valence-corrected chi connectivity index (χ3v) is 4.91. The Balaban J connectivity index is 2.86. The van der Waals surface area contributed by atoms with Crippen LogP contribution in [0.15, 0.2) is 41.8 Å². The minimum absolute atomic E-state index is 0.0740. The molecule has 0 heterocycles. The molecule has 1 rings (SSSR count). The molecule has 124 valence electrons. The number of hydrogen-bond acceptors (Lipinski definition) is 4. The number of sulfonamides is 1. The quantitative estimate of drug-likeness (QED) is 0.541. The maximum absolute atomic E-state index is 12.4. The van der Waals surface area contributed by atoms with Crippen LogP contribution in [0.1, 0.15) is 32.3 Å². The van der Waals surface area contributed by atoms with Gasteiger partial charge in [-0.25, -0.2) is 13.1 Å². The molecule has 22 heavy (non-hydrogen) atoms. The van der Waals surface area contributed by atoms with Crippen molar-refractivity contribution < 1.29 is 13.6 Å². The van der Waals surface area contributed by atoms with Crippen molar-refractivity contribution >= 4 is 10.0 Å². The number of nitrogens with one attached hydrogen (secondary N) is 1. The Morgan fingerprint density at radius 3 is 2.41 bits per heavy atom. The number of rotatable bonds is 9. The zero-order valence-electron chi connectivity index (χ0n) is 13.5. The van der Waals surface area contributed by atoms with E-state index in [1.165, 1.54) is 0 Å². The van der Waals surface area contributed by atoms with Gasteiger partial charge in [0.05, 0.1) is 4.90 Å². The van der Waals surface area contributed by atoms with Gasteiger partial charge in [0, 0.05) is 18.6 Å². The maximum atomic E-state index is 12.4. The molecule has 0 radical (unpaired) electrons. The molecular weight excluding hydrogens is 300 g/mol. The molecule has 0 bridgehead atoms. The van der Waals surface area contributed by atoms with Crippen LogP contribution >= 0.6 is 0 Å². The van der Waals surface area contributed by atoms with Crippen molar-refractivity contribution in [2.75, 3.05) is 6.54 Å². The third kappa shape index (κ3) is 5.88. The van der Waals surface area contributed by atoms with Crippen molar-refractivity contribution in [1.29, 1.82) is 0 Å². The van der Waals surface area contributed by atoms with Crippen molar-refractivity contribution in [1.82, 2.24) is 9.79 Å². The number of hydroxylamine groups is 2. The van der Waals surface area contributed by atoms with Gasteiger partial charge in [0.1, 0.15) is 0 Å². The highest BCUT2D eigenvalue weighted by Gasteiger charge is 2.22. The molecule has 0 aromatic heterocycles. The molecule has 2 N–H and O–H groups in total. The predicted molar refractivity (Wildman–Crippen MR) is 88.3 cm³/mol. The molecule has 5 nitrogen and oxygen atoms in total. The van der Waals surface area contributed by atoms with Crippen molar-refractivity contribution in [3.05, 3.63) is 42.5 Å².